The molecule has 0 amide bonds. The number of hydrogen-bond acceptors (Lipinski definition) is 4. The lowest BCUT2D eigenvalue weighted by Crippen LogP contribution is -2.03. The molecule has 2 aromatic rings. The smallest absolute Gasteiger partial charge is 0.249 e. The molecule has 1 aromatic carbocycles. The quantitative estimate of drug-likeness (QED) is 0.696. The fourth-order valence-corrected chi connectivity index (χ4v) is 1.94. The predicted octanol–water partition coefficient (Wildman–Crippen LogP) is 2.75. The summed E-state index contributed by atoms with van der Waals surface area (Å²) in [5.74, 6) is -0.0156. The molecule has 1 aromatic heterocycles. The zero-order valence-corrected chi connectivity index (χ0v) is 10.9. The zero-order chi connectivity index (χ0) is 13.1. The van der Waals surface area contributed by atoms with Crippen LogP contribution in [0, 0.1) is 5.82 Å². The van der Waals surface area contributed by atoms with Crippen LogP contribution in [0.1, 0.15) is 0 Å². The van der Waals surface area contributed by atoms with Gasteiger partial charge in [-0.15, -0.1) is 0 Å². The van der Waals surface area contributed by atoms with Crippen LogP contribution in [0.25, 0.3) is 0 Å². The molecule has 1 unspecified atom stereocenters. The minimum absolute atomic E-state index is 0.0216. The van der Waals surface area contributed by atoms with E-state index in [1.807, 2.05) is 0 Å². The summed E-state index contributed by atoms with van der Waals surface area (Å²) in [7, 11) is 0. The maximum absolute atomic E-state index is 13.0. The van der Waals surface area contributed by atoms with E-state index in [0.717, 1.165) is 0 Å². The summed E-state index contributed by atoms with van der Waals surface area (Å²) in [6.07, 6.45) is 2.84. The predicted molar refractivity (Wildman–Crippen MR) is 69.1 cm³/mol. The first-order valence-electron chi connectivity index (χ1n) is 4.94. The first kappa shape index (κ1) is 13.1. The van der Waals surface area contributed by atoms with Crippen molar-refractivity contribution in [3.8, 4) is 0 Å². The topological polar surface area (TPSA) is 60.9 Å². The van der Waals surface area contributed by atoms with Gasteiger partial charge in [0, 0.05) is 16.9 Å². The molecule has 0 bridgehead atoms. The van der Waals surface area contributed by atoms with Crippen LogP contribution in [0.15, 0.2) is 35.6 Å². The molecule has 7 heteroatoms. The average Bonchev–Trinajstić information content (AvgIpc) is 2.34. The molecule has 1 N–H and O–H groups in total. The number of aromatic nitrogens is 2. The Morgan fingerprint density at radius 3 is 2.78 bits per heavy atom. The number of benzene rings is 1. The van der Waals surface area contributed by atoms with Crippen molar-refractivity contribution in [3.63, 3.8) is 0 Å². The van der Waals surface area contributed by atoms with Crippen LogP contribution in [-0.2, 0) is 11.2 Å². The molecule has 1 atom stereocenters. The van der Waals surface area contributed by atoms with Crippen molar-refractivity contribution in [3.05, 3.63) is 41.4 Å². The van der Waals surface area contributed by atoms with Crippen molar-refractivity contribution in [1.29, 1.82) is 0 Å². The minimum atomic E-state index is -1.18. The van der Waals surface area contributed by atoms with Gasteiger partial charge in [-0.3, -0.25) is 0 Å². The molecule has 94 valence electrons. The maximum Gasteiger partial charge on any atom is 0.249 e. The van der Waals surface area contributed by atoms with E-state index in [9.17, 15) is 8.94 Å². The number of anilines is 2. The number of halogens is 2. The Morgan fingerprint density at radius 1 is 1.33 bits per heavy atom. The summed E-state index contributed by atoms with van der Waals surface area (Å²) in [6.45, 7) is 0. The van der Waals surface area contributed by atoms with Gasteiger partial charge in [-0.1, -0.05) is 11.6 Å². The molecular weight excluding hydrogens is 277 g/mol. The van der Waals surface area contributed by atoms with Crippen molar-refractivity contribution >= 4 is 34.3 Å². The Hall–Kier alpha value is -1.37. The molecule has 0 radical (unpaired) electrons. The highest BCUT2D eigenvalue weighted by atomic mass is 35.5. The van der Waals surface area contributed by atoms with E-state index in [4.69, 9.17) is 11.6 Å². The van der Waals surface area contributed by atoms with Gasteiger partial charge in [0.1, 0.15) is 24.2 Å². The number of rotatable bonds is 3. The summed E-state index contributed by atoms with van der Waals surface area (Å²) in [5.41, 5.74) is 0.591. The summed E-state index contributed by atoms with van der Waals surface area (Å²) in [6, 6.07) is 5.80. The second-order valence-corrected chi connectivity index (χ2v) is 5.18. The number of nitrogens with zero attached hydrogens (tertiary/aromatic N) is 2. The molecule has 0 saturated carbocycles. The highest BCUT2D eigenvalue weighted by Crippen LogP contribution is 2.22. The molecule has 0 aliphatic heterocycles. The highest BCUT2D eigenvalue weighted by Gasteiger charge is 2.08. The molecule has 18 heavy (non-hydrogen) atoms. The van der Waals surface area contributed by atoms with Gasteiger partial charge in [-0.05, 0) is 18.2 Å². The molecule has 0 fully saturated rings. The standard InChI is InChI=1S/C11H9ClFN3OS/c1-18(17)11-5-10(14-6-15-11)16-7-2-3-9(13)8(12)4-7/h2-6H,1H3,(H,14,15,16). The van der Waals surface area contributed by atoms with Gasteiger partial charge >= 0.3 is 0 Å². The molecule has 2 rings (SSSR count). The van der Waals surface area contributed by atoms with Crippen molar-refractivity contribution in [2.75, 3.05) is 11.6 Å². The Bertz CT molecular complexity index is 568. The Labute approximate surface area is 111 Å². The van der Waals surface area contributed by atoms with Crippen LogP contribution in [-0.4, -0.2) is 20.8 Å². The lowest BCUT2D eigenvalue weighted by atomic mass is 10.3. The zero-order valence-electron chi connectivity index (χ0n) is 9.35. The summed E-state index contributed by atoms with van der Waals surface area (Å²) < 4.78 is 24.3. The summed E-state index contributed by atoms with van der Waals surface area (Å²) in [5, 5.41) is 3.37. The fourth-order valence-electron chi connectivity index (χ4n) is 1.29. The average molecular weight is 286 g/mol. The first-order chi connectivity index (χ1) is 8.56. The Kier molecular flexibility index (Phi) is 4.00. The molecule has 0 aliphatic rings. The lowest BCUT2D eigenvalue weighted by molar-refractivity contribution is 0.597. The van der Waals surface area contributed by atoms with Gasteiger partial charge in [0.15, 0.2) is 0 Å². The summed E-state index contributed by atoms with van der Waals surface area (Å²) in [4.78, 5) is 7.85. The van der Waals surface area contributed by atoms with E-state index in [0.29, 0.717) is 16.5 Å². The number of nitrogens with one attached hydrogen (secondary N) is 1. The van der Waals surface area contributed by atoms with Crippen LogP contribution in [0.3, 0.4) is 0 Å². The van der Waals surface area contributed by atoms with Crippen molar-refractivity contribution < 1.29 is 8.94 Å². The van der Waals surface area contributed by atoms with Gasteiger partial charge in [-0.25, -0.2) is 9.37 Å². The maximum atomic E-state index is 13.0. The van der Waals surface area contributed by atoms with Gasteiger partial charge < -0.3 is 9.87 Å². The van der Waals surface area contributed by atoms with E-state index in [2.05, 4.69) is 15.3 Å². The van der Waals surface area contributed by atoms with Gasteiger partial charge in [0.25, 0.3) is 0 Å². The Morgan fingerprint density at radius 2 is 2.11 bits per heavy atom. The fraction of sp³-hybridized carbons (Fsp3) is 0.0909. The monoisotopic (exact) mass is 285 g/mol. The van der Waals surface area contributed by atoms with Crippen LogP contribution in [0.2, 0.25) is 5.02 Å². The van der Waals surface area contributed by atoms with E-state index in [1.54, 1.807) is 6.07 Å². The molecule has 0 spiro atoms. The lowest BCUT2D eigenvalue weighted by Gasteiger charge is -2.07. The highest BCUT2D eigenvalue weighted by molar-refractivity contribution is 7.90. The van der Waals surface area contributed by atoms with Gasteiger partial charge in [0.05, 0.1) is 11.1 Å². The van der Waals surface area contributed by atoms with Crippen molar-refractivity contribution in [2.45, 2.75) is 5.03 Å². The molecule has 4 nitrogen and oxygen atoms in total. The third-order valence-corrected chi connectivity index (χ3v) is 3.23. The van der Waals surface area contributed by atoms with Crippen LogP contribution in [0.4, 0.5) is 15.9 Å². The van der Waals surface area contributed by atoms with Crippen LogP contribution >= 0.6 is 11.6 Å². The normalized spacial score (nSPS) is 12.2. The first-order valence-corrected chi connectivity index (χ1v) is 6.87. The Balaban J connectivity index is 2.23. The second kappa shape index (κ2) is 5.51. The summed E-state index contributed by atoms with van der Waals surface area (Å²) >= 11 is 4.48. The largest absolute Gasteiger partial charge is 0.610 e. The molecular formula is C11H9ClFN3OS. The van der Waals surface area contributed by atoms with Gasteiger partial charge in [0.2, 0.25) is 5.03 Å². The van der Waals surface area contributed by atoms with E-state index in [-0.39, 0.29) is 5.02 Å². The van der Waals surface area contributed by atoms with Crippen molar-refractivity contribution in [2.24, 2.45) is 0 Å². The van der Waals surface area contributed by atoms with Gasteiger partial charge in [-0.2, -0.15) is 4.98 Å². The molecule has 0 saturated heterocycles. The van der Waals surface area contributed by atoms with Crippen LogP contribution < -0.4 is 5.32 Å². The van der Waals surface area contributed by atoms with E-state index >= 15 is 0 Å². The SMILES string of the molecule is C[S+]([O-])c1cc(Nc2ccc(F)c(Cl)c2)ncn1. The minimum Gasteiger partial charge on any atom is -0.610 e. The van der Waals surface area contributed by atoms with Crippen molar-refractivity contribution in [1.82, 2.24) is 9.97 Å². The molecule has 0 aliphatic carbocycles. The second-order valence-electron chi connectivity index (χ2n) is 3.45. The van der Waals surface area contributed by atoms with E-state index in [1.165, 1.54) is 30.8 Å². The third kappa shape index (κ3) is 3.10. The van der Waals surface area contributed by atoms with E-state index < -0.39 is 17.0 Å². The van der Waals surface area contributed by atoms with Crippen LogP contribution in [0.5, 0.6) is 0 Å². The third-order valence-electron chi connectivity index (χ3n) is 2.13. The number of hydrogen-bond donors (Lipinski definition) is 1. The molecule has 1 heterocycles.